The summed E-state index contributed by atoms with van der Waals surface area (Å²) in [5.41, 5.74) is 1.15. The van der Waals surface area contributed by atoms with E-state index in [4.69, 9.17) is 9.47 Å². The molecule has 0 aliphatic heterocycles. The number of benzene rings is 1. The van der Waals surface area contributed by atoms with Crippen molar-refractivity contribution in [3.8, 4) is 11.5 Å². The molecule has 0 aromatic heterocycles. The molecule has 3 nitrogen and oxygen atoms in total. The third-order valence-electron chi connectivity index (χ3n) is 2.02. The Hall–Kier alpha value is -1.51. The minimum atomic E-state index is -0.332. The maximum absolute atomic E-state index is 10.9. The molecule has 1 rings (SSSR count). The fraction of sp³-hybridized carbons (Fsp3) is 0.417. The first kappa shape index (κ1) is 11.6. The van der Waals surface area contributed by atoms with E-state index in [1.165, 1.54) is 6.92 Å². The summed E-state index contributed by atoms with van der Waals surface area (Å²) in [6.45, 7) is 3.49. The molecule has 0 saturated carbocycles. The van der Waals surface area contributed by atoms with Crippen molar-refractivity contribution in [3.63, 3.8) is 0 Å². The van der Waals surface area contributed by atoms with Crippen LogP contribution in [0.3, 0.4) is 0 Å². The van der Waals surface area contributed by atoms with Gasteiger partial charge in [0.05, 0.1) is 7.11 Å². The van der Waals surface area contributed by atoms with E-state index in [0.717, 1.165) is 18.4 Å². The molecule has 0 aliphatic carbocycles. The second kappa shape index (κ2) is 5.39. The molecule has 1 aromatic rings. The number of esters is 1. The molecule has 82 valence electrons. The highest BCUT2D eigenvalue weighted by molar-refractivity contribution is 5.70. The fourth-order valence-corrected chi connectivity index (χ4v) is 1.40. The molecular formula is C12H16O3. The summed E-state index contributed by atoms with van der Waals surface area (Å²) in [5.74, 6) is 0.753. The highest BCUT2D eigenvalue weighted by atomic mass is 16.6. The van der Waals surface area contributed by atoms with Gasteiger partial charge in [-0.05, 0) is 24.1 Å². The molecule has 0 atom stereocenters. The van der Waals surface area contributed by atoms with Gasteiger partial charge in [-0.3, -0.25) is 4.79 Å². The number of hydrogen-bond acceptors (Lipinski definition) is 3. The predicted molar refractivity (Wildman–Crippen MR) is 58.3 cm³/mol. The number of methoxy groups -OCH3 is 1. The van der Waals surface area contributed by atoms with Crippen LogP contribution in [0.1, 0.15) is 25.8 Å². The minimum absolute atomic E-state index is 0.332. The monoisotopic (exact) mass is 208 g/mol. The molecular weight excluding hydrogens is 192 g/mol. The zero-order valence-electron chi connectivity index (χ0n) is 9.37. The number of aryl methyl sites for hydroxylation is 1. The van der Waals surface area contributed by atoms with Crippen molar-refractivity contribution >= 4 is 5.97 Å². The predicted octanol–water partition coefficient (Wildman–Crippen LogP) is 2.57. The lowest BCUT2D eigenvalue weighted by Gasteiger charge is -2.09. The number of carbonyl (C=O) groups is 1. The maximum atomic E-state index is 10.9. The highest BCUT2D eigenvalue weighted by Gasteiger charge is 2.07. The van der Waals surface area contributed by atoms with Gasteiger partial charge in [0.15, 0.2) is 11.5 Å². The van der Waals surface area contributed by atoms with Crippen LogP contribution in [0.4, 0.5) is 0 Å². The van der Waals surface area contributed by atoms with Crippen LogP contribution in [0.15, 0.2) is 18.2 Å². The maximum Gasteiger partial charge on any atom is 0.308 e. The van der Waals surface area contributed by atoms with E-state index < -0.39 is 0 Å². The summed E-state index contributed by atoms with van der Waals surface area (Å²) in [5, 5.41) is 0. The summed E-state index contributed by atoms with van der Waals surface area (Å²) in [7, 11) is 1.56. The normalized spacial score (nSPS) is 9.80. The summed E-state index contributed by atoms with van der Waals surface area (Å²) >= 11 is 0. The zero-order chi connectivity index (χ0) is 11.3. The minimum Gasteiger partial charge on any atom is -0.493 e. The van der Waals surface area contributed by atoms with Crippen LogP contribution in [0.25, 0.3) is 0 Å². The van der Waals surface area contributed by atoms with E-state index >= 15 is 0 Å². The Morgan fingerprint density at radius 2 is 2.07 bits per heavy atom. The second-order valence-corrected chi connectivity index (χ2v) is 3.33. The van der Waals surface area contributed by atoms with Gasteiger partial charge < -0.3 is 9.47 Å². The molecule has 0 spiro atoms. The Labute approximate surface area is 90.0 Å². The van der Waals surface area contributed by atoms with E-state index in [0.29, 0.717) is 11.5 Å². The van der Waals surface area contributed by atoms with Gasteiger partial charge in [0.2, 0.25) is 0 Å². The van der Waals surface area contributed by atoms with Gasteiger partial charge in [-0.25, -0.2) is 0 Å². The van der Waals surface area contributed by atoms with E-state index in [-0.39, 0.29) is 5.97 Å². The van der Waals surface area contributed by atoms with Gasteiger partial charge in [-0.15, -0.1) is 0 Å². The van der Waals surface area contributed by atoms with Crippen molar-refractivity contribution in [2.45, 2.75) is 26.7 Å². The largest absolute Gasteiger partial charge is 0.493 e. The third-order valence-corrected chi connectivity index (χ3v) is 2.02. The molecule has 0 unspecified atom stereocenters. The van der Waals surface area contributed by atoms with Crippen molar-refractivity contribution in [1.82, 2.24) is 0 Å². The zero-order valence-corrected chi connectivity index (χ0v) is 9.37. The SMILES string of the molecule is CCCc1ccc(OC)c(OC(C)=O)c1. The van der Waals surface area contributed by atoms with Crippen molar-refractivity contribution in [2.24, 2.45) is 0 Å². The van der Waals surface area contributed by atoms with Crippen molar-refractivity contribution < 1.29 is 14.3 Å². The lowest BCUT2D eigenvalue weighted by molar-refractivity contribution is -0.132. The second-order valence-electron chi connectivity index (χ2n) is 3.33. The quantitative estimate of drug-likeness (QED) is 0.563. The molecule has 3 heteroatoms. The molecule has 0 aliphatic rings. The lowest BCUT2D eigenvalue weighted by Crippen LogP contribution is -2.03. The average molecular weight is 208 g/mol. The van der Waals surface area contributed by atoms with Gasteiger partial charge in [0.1, 0.15) is 0 Å². The van der Waals surface area contributed by atoms with Crippen molar-refractivity contribution in [1.29, 1.82) is 0 Å². The van der Waals surface area contributed by atoms with Crippen LogP contribution >= 0.6 is 0 Å². The molecule has 0 bridgehead atoms. The Morgan fingerprint density at radius 1 is 1.33 bits per heavy atom. The molecule has 0 saturated heterocycles. The molecule has 15 heavy (non-hydrogen) atoms. The number of ether oxygens (including phenoxy) is 2. The fourth-order valence-electron chi connectivity index (χ4n) is 1.40. The molecule has 0 radical (unpaired) electrons. The van der Waals surface area contributed by atoms with Gasteiger partial charge in [0, 0.05) is 6.92 Å². The van der Waals surface area contributed by atoms with Gasteiger partial charge in [-0.1, -0.05) is 19.4 Å². The Kier molecular flexibility index (Phi) is 4.16. The number of rotatable bonds is 4. The van der Waals surface area contributed by atoms with E-state index in [9.17, 15) is 4.79 Å². The first-order valence-corrected chi connectivity index (χ1v) is 5.02. The van der Waals surface area contributed by atoms with Gasteiger partial charge in [0.25, 0.3) is 0 Å². The molecule has 0 fully saturated rings. The Bertz CT molecular complexity index is 345. The van der Waals surface area contributed by atoms with E-state index in [1.54, 1.807) is 7.11 Å². The summed E-state index contributed by atoms with van der Waals surface area (Å²) < 4.78 is 10.2. The van der Waals surface area contributed by atoms with E-state index in [1.807, 2.05) is 18.2 Å². The summed E-state index contributed by atoms with van der Waals surface area (Å²) in [6.07, 6.45) is 2.03. The highest BCUT2D eigenvalue weighted by Crippen LogP contribution is 2.28. The van der Waals surface area contributed by atoms with Crippen molar-refractivity contribution in [3.05, 3.63) is 23.8 Å². The summed E-state index contributed by atoms with van der Waals surface area (Å²) in [6, 6.07) is 5.66. The van der Waals surface area contributed by atoms with Crippen LogP contribution in [0.2, 0.25) is 0 Å². The third kappa shape index (κ3) is 3.27. The van der Waals surface area contributed by atoms with Crippen LogP contribution in [0, 0.1) is 0 Å². The Balaban J connectivity index is 2.96. The topological polar surface area (TPSA) is 35.5 Å². The first-order chi connectivity index (χ1) is 7.17. The first-order valence-electron chi connectivity index (χ1n) is 5.02. The van der Waals surface area contributed by atoms with Crippen LogP contribution in [-0.2, 0) is 11.2 Å². The van der Waals surface area contributed by atoms with Gasteiger partial charge in [-0.2, -0.15) is 0 Å². The smallest absolute Gasteiger partial charge is 0.308 e. The van der Waals surface area contributed by atoms with Crippen LogP contribution in [-0.4, -0.2) is 13.1 Å². The molecule has 1 aromatic carbocycles. The van der Waals surface area contributed by atoms with Crippen LogP contribution < -0.4 is 9.47 Å². The molecule has 0 amide bonds. The number of hydrogen-bond donors (Lipinski definition) is 0. The lowest BCUT2D eigenvalue weighted by atomic mass is 10.1. The van der Waals surface area contributed by atoms with Crippen molar-refractivity contribution in [2.75, 3.05) is 7.11 Å². The molecule has 0 N–H and O–H groups in total. The van der Waals surface area contributed by atoms with Crippen LogP contribution in [0.5, 0.6) is 11.5 Å². The Morgan fingerprint density at radius 3 is 2.60 bits per heavy atom. The number of carbonyl (C=O) groups excluding carboxylic acids is 1. The van der Waals surface area contributed by atoms with Gasteiger partial charge >= 0.3 is 5.97 Å². The van der Waals surface area contributed by atoms with E-state index in [2.05, 4.69) is 6.92 Å². The molecule has 0 heterocycles. The standard InChI is InChI=1S/C12H16O3/c1-4-5-10-6-7-11(14-3)12(8-10)15-9(2)13/h6-8H,4-5H2,1-3H3. The summed E-state index contributed by atoms with van der Waals surface area (Å²) in [4.78, 5) is 10.9. The average Bonchev–Trinajstić information content (AvgIpc) is 2.18.